The molecule has 84 valence electrons. The first-order valence-corrected chi connectivity index (χ1v) is 6.72. The molecular weight excluding hydrogens is 277 g/mol. The molecule has 1 atom stereocenters. The van der Waals surface area contributed by atoms with Crippen molar-refractivity contribution in [2.45, 2.75) is 24.3 Å². The molecule has 0 heterocycles. The summed E-state index contributed by atoms with van der Waals surface area (Å²) in [5.74, 6) is 0.642. The van der Waals surface area contributed by atoms with Crippen LogP contribution in [0.5, 0.6) is 0 Å². The van der Waals surface area contributed by atoms with E-state index in [0.29, 0.717) is 11.8 Å². The van der Waals surface area contributed by atoms with E-state index >= 15 is 0 Å². The van der Waals surface area contributed by atoms with E-state index < -0.39 is 0 Å². The van der Waals surface area contributed by atoms with Crippen LogP contribution >= 0.6 is 27.7 Å². The van der Waals surface area contributed by atoms with Gasteiger partial charge in [0.05, 0.1) is 0 Å². The van der Waals surface area contributed by atoms with Crippen molar-refractivity contribution >= 4 is 27.7 Å². The van der Waals surface area contributed by atoms with Gasteiger partial charge in [-0.3, -0.25) is 0 Å². The normalized spacial score (nSPS) is 12.8. The molecule has 0 aliphatic rings. The van der Waals surface area contributed by atoms with Gasteiger partial charge in [-0.1, -0.05) is 22.9 Å². The lowest BCUT2D eigenvalue weighted by molar-refractivity contribution is 0.625. The van der Waals surface area contributed by atoms with E-state index in [0.717, 1.165) is 22.2 Å². The largest absolute Gasteiger partial charge is 0.330 e. The molecule has 0 saturated heterocycles. The average molecular weight is 292 g/mol. The van der Waals surface area contributed by atoms with Gasteiger partial charge < -0.3 is 5.73 Å². The van der Waals surface area contributed by atoms with Crippen molar-refractivity contribution in [1.82, 2.24) is 0 Å². The van der Waals surface area contributed by atoms with Crippen LogP contribution in [0.15, 0.2) is 22.7 Å². The Morgan fingerprint density at radius 1 is 1.47 bits per heavy atom. The Morgan fingerprint density at radius 2 is 2.20 bits per heavy atom. The number of halogens is 2. The van der Waals surface area contributed by atoms with Gasteiger partial charge in [0, 0.05) is 15.5 Å². The highest BCUT2D eigenvalue weighted by Crippen LogP contribution is 2.22. The summed E-state index contributed by atoms with van der Waals surface area (Å²) in [6, 6.07) is 5.00. The second-order valence-corrected chi connectivity index (χ2v) is 5.82. The number of rotatable bonds is 5. The average Bonchev–Trinajstić information content (AvgIpc) is 2.14. The zero-order valence-electron chi connectivity index (χ0n) is 8.67. The van der Waals surface area contributed by atoms with Crippen LogP contribution in [0, 0.1) is 5.82 Å². The number of thioether (sulfide) groups is 1. The Kier molecular flexibility index (Phi) is 5.64. The molecule has 4 heteroatoms. The summed E-state index contributed by atoms with van der Waals surface area (Å²) in [7, 11) is 0. The van der Waals surface area contributed by atoms with Gasteiger partial charge in [0.1, 0.15) is 5.82 Å². The van der Waals surface area contributed by atoms with Crippen LogP contribution in [0.2, 0.25) is 0 Å². The van der Waals surface area contributed by atoms with Crippen LogP contribution in [0.3, 0.4) is 0 Å². The minimum atomic E-state index is -0.188. The smallest absolute Gasteiger partial charge is 0.124 e. The zero-order valence-corrected chi connectivity index (χ0v) is 11.1. The van der Waals surface area contributed by atoms with Gasteiger partial charge in [0.15, 0.2) is 0 Å². The summed E-state index contributed by atoms with van der Waals surface area (Å²) >= 11 is 5.09. The Morgan fingerprint density at radius 3 is 2.80 bits per heavy atom. The standard InChI is InChI=1S/C11H15BrFNS/c1-8(2-3-14)15-7-9-4-10(12)6-11(13)5-9/h4-6,8H,2-3,7,14H2,1H3. The number of hydrogen-bond donors (Lipinski definition) is 1. The summed E-state index contributed by atoms with van der Waals surface area (Å²) in [6.07, 6.45) is 1.00. The maximum absolute atomic E-state index is 13.0. The SMILES string of the molecule is CC(CCN)SCc1cc(F)cc(Br)c1. The number of nitrogens with two attached hydrogens (primary N) is 1. The Hall–Kier alpha value is -0.0600. The number of benzene rings is 1. The van der Waals surface area contributed by atoms with Crippen LogP contribution in [0.25, 0.3) is 0 Å². The van der Waals surface area contributed by atoms with Crippen LogP contribution in [0.1, 0.15) is 18.9 Å². The Labute approximate surface area is 103 Å². The maximum Gasteiger partial charge on any atom is 0.124 e. The van der Waals surface area contributed by atoms with Crippen LogP contribution < -0.4 is 5.73 Å². The van der Waals surface area contributed by atoms with Gasteiger partial charge in [-0.2, -0.15) is 11.8 Å². The molecule has 0 spiro atoms. The number of hydrogen-bond acceptors (Lipinski definition) is 2. The molecule has 0 saturated carbocycles. The molecule has 0 aliphatic heterocycles. The molecule has 0 aromatic heterocycles. The molecule has 0 amide bonds. The molecule has 1 nitrogen and oxygen atoms in total. The highest BCUT2D eigenvalue weighted by Gasteiger charge is 2.04. The third-order valence-electron chi connectivity index (χ3n) is 2.03. The third kappa shape index (κ3) is 5.00. The summed E-state index contributed by atoms with van der Waals surface area (Å²) in [5.41, 5.74) is 6.48. The van der Waals surface area contributed by atoms with E-state index in [1.165, 1.54) is 6.07 Å². The quantitative estimate of drug-likeness (QED) is 0.898. The molecule has 0 bridgehead atoms. The molecule has 2 N–H and O–H groups in total. The van der Waals surface area contributed by atoms with E-state index in [4.69, 9.17) is 5.73 Å². The van der Waals surface area contributed by atoms with E-state index in [1.54, 1.807) is 17.8 Å². The van der Waals surface area contributed by atoms with Crippen molar-refractivity contribution in [1.29, 1.82) is 0 Å². The predicted octanol–water partition coefficient (Wildman–Crippen LogP) is 3.56. The van der Waals surface area contributed by atoms with Gasteiger partial charge in [-0.25, -0.2) is 4.39 Å². The first kappa shape index (κ1) is 13.0. The lowest BCUT2D eigenvalue weighted by Gasteiger charge is -2.09. The van der Waals surface area contributed by atoms with Crippen molar-refractivity contribution in [3.05, 3.63) is 34.1 Å². The Balaban J connectivity index is 2.50. The lowest BCUT2D eigenvalue weighted by atomic mass is 10.2. The molecule has 1 unspecified atom stereocenters. The van der Waals surface area contributed by atoms with Crippen molar-refractivity contribution in [2.75, 3.05) is 6.54 Å². The third-order valence-corrected chi connectivity index (χ3v) is 3.79. The monoisotopic (exact) mass is 291 g/mol. The summed E-state index contributed by atoms with van der Waals surface area (Å²) in [6.45, 7) is 2.85. The molecule has 0 fully saturated rings. The predicted molar refractivity (Wildman–Crippen MR) is 68.5 cm³/mol. The second-order valence-electron chi connectivity index (χ2n) is 3.48. The van der Waals surface area contributed by atoms with Crippen LogP contribution in [-0.2, 0) is 5.75 Å². The minimum Gasteiger partial charge on any atom is -0.330 e. The zero-order chi connectivity index (χ0) is 11.3. The fraction of sp³-hybridized carbons (Fsp3) is 0.455. The highest BCUT2D eigenvalue weighted by atomic mass is 79.9. The van der Waals surface area contributed by atoms with Gasteiger partial charge in [-0.05, 0) is 36.7 Å². The summed E-state index contributed by atoms with van der Waals surface area (Å²) in [4.78, 5) is 0. The molecule has 1 rings (SSSR count). The minimum absolute atomic E-state index is 0.188. The first-order chi connectivity index (χ1) is 7.11. The topological polar surface area (TPSA) is 26.0 Å². The molecule has 0 radical (unpaired) electrons. The summed E-state index contributed by atoms with van der Waals surface area (Å²) < 4.78 is 13.8. The van der Waals surface area contributed by atoms with Gasteiger partial charge in [-0.15, -0.1) is 0 Å². The maximum atomic E-state index is 13.0. The fourth-order valence-electron chi connectivity index (χ4n) is 1.25. The summed E-state index contributed by atoms with van der Waals surface area (Å²) in [5, 5.41) is 0.525. The first-order valence-electron chi connectivity index (χ1n) is 4.88. The lowest BCUT2D eigenvalue weighted by Crippen LogP contribution is -2.07. The van der Waals surface area contributed by atoms with Crippen molar-refractivity contribution < 1.29 is 4.39 Å². The second kappa shape index (κ2) is 6.51. The van der Waals surface area contributed by atoms with Crippen molar-refractivity contribution in [3.8, 4) is 0 Å². The van der Waals surface area contributed by atoms with E-state index in [2.05, 4.69) is 22.9 Å². The van der Waals surface area contributed by atoms with E-state index in [1.807, 2.05) is 6.07 Å². The van der Waals surface area contributed by atoms with Gasteiger partial charge in [0.25, 0.3) is 0 Å². The highest BCUT2D eigenvalue weighted by molar-refractivity contribution is 9.10. The van der Waals surface area contributed by atoms with Crippen molar-refractivity contribution in [2.24, 2.45) is 5.73 Å². The van der Waals surface area contributed by atoms with E-state index in [-0.39, 0.29) is 5.82 Å². The van der Waals surface area contributed by atoms with Gasteiger partial charge >= 0.3 is 0 Å². The molecular formula is C11H15BrFNS. The Bertz CT molecular complexity index is 299. The van der Waals surface area contributed by atoms with Gasteiger partial charge in [0.2, 0.25) is 0 Å². The fourth-order valence-corrected chi connectivity index (χ4v) is 2.71. The molecule has 1 aromatic rings. The molecule has 15 heavy (non-hydrogen) atoms. The van der Waals surface area contributed by atoms with Crippen LogP contribution in [-0.4, -0.2) is 11.8 Å². The van der Waals surface area contributed by atoms with Crippen LogP contribution in [0.4, 0.5) is 4.39 Å². The molecule has 1 aromatic carbocycles. The van der Waals surface area contributed by atoms with Crippen molar-refractivity contribution in [3.63, 3.8) is 0 Å². The van der Waals surface area contributed by atoms with E-state index in [9.17, 15) is 4.39 Å². The molecule has 0 aliphatic carbocycles.